The van der Waals surface area contributed by atoms with E-state index in [0.717, 1.165) is 47.3 Å². The number of methoxy groups -OCH3 is 1. The van der Waals surface area contributed by atoms with E-state index < -0.39 is 11.7 Å². The van der Waals surface area contributed by atoms with Gasteiger partial charge in [0.05, 0.1) is 23.9 Å². The van der Waals surface area contributed by atoms with Gasteiger partial charge in [0.25, 0.3) is 0 Å². The number of halogens is 3. The normalized spacial score (nSPS) is 12.6. The number of benzene rings is 2. The summed E-state index contributed by atoms with van der Waals surface area (Å²) < 4.78 is 43.2. The zero-order valence-corrected chi connectivity index (χ0v) is 18.4. The molecule has 2 aromatic carbocycles. The van der Waals surface area contributed by atoms with Gasteiger partial charge in [-0.05, 0) is 55.7 Å². The number of amides is 1. The number of pyridine rings is 1. The van der Waals surface area contributed by atoms with Gasteiger partial charge >= 0.3 is 6.18 Å². The van der Waals surface area contributed by atoms with Gasteiger partial charge in [-0.25, -0.2) is 0 Å². The van der Waals surface area contributed by atoms with Crippen LogP contribution in [0.5, 0.6) is 5.75 Å². The third-order valence-corrected chi connectivity index (χ3v) is 5.09. The predicted octanol–water partition coefficient (Wildman–Crippen LogP) is 5.67. The van der Waals surface area contributed by atoms with Crippen molar-refractivity contribution in [1.82, 2.24) is 10.3 Å². The lowest BCUT2D eigenvalue weighted by molar-refractivity contribution is -0.137. The van der Waals surface area contributed by atoms with Crippen LogP contribution in [0.25, 0.3) is 17.0 Å². The van der Waals surface area contributed by atoms with Crippen molar-refractivity contribution >= 4 is 28.6 Å². The molecule has 0 aliphatic carbocycles. The van der Waals surface area contributed by atoms with E-state index in [4.69, 9.17) is 4.74 Å². The van der Waals surface area contributed by atoms with Crippen LogP contribution in [-0.2, 0) is 11.0 Å². The van der Waals surface area contributed by atoms with Crippen LogP contribution in [-0.4, -0.2) is 30.6 Å². The summed E-state index contributed by atoms with van der Waals surface area (Å²) in [5.41, 5.74) is 1.56. The number of aromatic nitrogens is 1. The van der Waals surface area contributed by atoms with Gasteiger partial charge < -0.3 is 15.4 Å². The molecule has 0 radical (unpaired) electrons. The van der Waals surface area contributed by atoms with E-state index in [-0.39, 0.29) is 11.9 Å². The maximum atomic E-state index is 12.6. The van der Waals surface area contributed by atoms with Crippen molar-refractivity contribution in [2.45, 2.75) is 32.0 Å². The molecule has 8 heteroatoms. The summed E-state index contributed by atoms with van der Waals surface area (Å²) in [6.45, 7) is 2.54. The fourth-order valence-electron chi connectivity index (χ4n) is 3.36. The molecule has 3 rings (SSSR count). The van der Waals surface area contributed by atoms with E-state index >= 15 is 0 Å². The van der Waals surface area contributed by atoms with Crippen LogP contribution in [0.3, 0.4) is 0 Å². The van der Waals surface area contributed by atoms with Gasteiger partial charge in [-0.1, -0.05) is 18.2 Å². The topological polar surface area (TPSA) is 63.2 Å². The molecule has 3 aromatic rings. The highest BCUT2D eigenvalue weighted by molar-refractivity contribution is 5.92. The van der Waals surface area contributed by atoms with E-state index in [1.54, 1.807) is 13.3 Å². The Kier molecular flexibility index (Phi) is 7.92. The molecule has 1 amide bonds. The van der Waals surface area contributed by atoms with Crippen LogP contribution in [0.15, 0.2) is 60.8 Å². The van der Waals surface area contributed by atoms with Crippen LogP contribution in [0.2, 0.25) is 0 Å². The fourth-order valence-corrected chi connectivity index (χ4v) is 3.36. The summed E-state index contributed by atoms with van der Waals surface area (Å²) in [6, 6.07) is 12.5. The number of anilines is 1. The van der Waals surface area contributed by atoms with Crippen molar-refractivity contribution < 1.29 is 22.7 Å². The minimum absolute atomic E-state index is 0.141. The van der Waals surface area contributed by atoms with E-state index in [9.17, 15) is 18.0 Å². The summed E-state index contributed by atoms with van der Waals surface area (Å²) in [5, 5.41) is 7.23. The molecule has 2 N–H and O–H groups in total. The number of nitrogens with one attached hydrogen (secondary N) is 2. The third-order valence-electron chi connectivity index (χ3n) is 5.09. The first-order valence-corrected chi connectivity index (χ1v) is 10.6. The average molecular weight is 457 g/mol. The quantitative estimate of drug-likeness (QED) is 0.321. The monoisotopic (exact) mass is 457 g/mol. The first kappa shape index (κ1) is 24.1. The van der Waals surface area contributed by atoms with Crippen LogP contribution >= 0.6 is 0 Å². The molecular formula is C25H26F3N3O2. The Bertz CT molecular complexity index is 1110. The predicted molar refractivity (Wildman–Crippen MR) is 124 cm³/mol. The van der Waals surface area contributed by atoms with Crippen LogP contribution in [0.4, 0.5) is 18.9 Å². The molecule has 0 bridgehead atoms. The number of hydrogen-bond acceptors (Lipinski definition) is 4. The maximum Gasteiger partial charge on any atom is 0.416 e. The highest BCUT2D eigenvalue weighted by atomic mass is 19.4. The van der Waals surface area contributed by atoms with Crippen molar-refractivity contribution in [2.24, 2.45) is 0 Å². The molecule has 0 saturated carbocycles. The molecule has 1 heterocycles. The average Bonchev–Trinajstić information content (AvgIpc) is 2.80. The van der Waals surface area contributed by atoms with Crippen molar-refractivity contribution in [3.8, 4) is 5.75 Å². The van der Waals surface area contributed by atoms with E-state index in [1.807, 2.05) is 24.3 Å². The summed E-state index contributed by atoms with van der Waals surface area (Å²) in [7, 11) is 1.62. The van der Waals surface area contributed by atoms with E-state index in [2.05, 4.69) is 22.5 Å². The first-order chi connectivity index (χ1) is 15.8. The summed E-state index contributed by atoms with van der Waals surface area (Å²) in [4.78, 5) is 16.4. The molecule has 0 spiro atoms. The Morgan fingerprint density at radius 3 is 2.64 bits per heavy atom. The zero-order chi connectivity index (χ0) is 23.8. The SMILES string of the molecule is COc1cc(NC(C)CCCNC(=O)/C=C/c2ccc(C(F)(F)F)cc2)c2ncccc2c1. The Labute approximate surface area is 190 Å². The number of carbonyl (C=O) groups excluding carboxylic acids is 1. The van der Waals surface area contributed by atoms with Gasteiger partial charge in [-0.2, -0.15) is 13.2 Å². The Morgan fingerprint density at radius 1 is 1.18 bits per heavy atom. The van der Waals surface area contributed by atoms with Gasteiger partial charge in [0, 0.05) is 36.3 Å². The molecule has 174 valence electrons. The van der Waals surface area contributed by atoms with Crippen LogP contribution < -0.4 is 15.4 Å². The van der Waals surface area contributed by atoms with Crippen LogP contribution in [0, 0.1) is 0 Å². The lowest BCUT2D eigenvalue weighted by Gasteiger charge is -2.17. The summed E-state index contributed by atoms with van der Waals surface area (Å²) in [5.74, 6) is 0.454. The molecule has 5 nitrogen and oxygen atoms in total. The number of rotatable bonds is 9. The summed E-state index contributed by atoms with van der Waals surface area (Å²) >= 11 is 0. The van der Waals surface area contributed by atoms with E-state index in [0.29, 0.717) is 12.1 Å². The number of alkyl halides is 3. The highest BCUT2D eigenvalue weighted by Crippen LogP contribution is 2.29. The highest BCUT2D eigenvalue weighted by Gasteiger charge is 2.29. The molecule has 0 aliphatic heterocycles. The third kappa shape index (κ3) is 6.97. The van der Waals surface area contributed by atoms with E-state index in [1.165, 1.54) is 24.3 Å². The lowest BCUT2D eigenvalue weighted by atomic mass is 10.1. The van der Waals surface area contributed by atoms with Gasteiger partial charge in [-0.15, -0.1) is 0 Å². The second-order valence-electron chi connectivity index (χ2n) is 7.68. The Morgan fingerprint density at radius 2 is 1.94 bits per heavy atom. The number of fused-ring (bicyclic) bond motifs is 1. The van der Waals surface area contributed by atoms with Crippen molar-refractivity contribution in [1.29, 1.82) is 0 Å². The zero-order valence-electron chi connectivity index (χ0n) is 18.4. The van der Waals surface area contributed by atoms with Crippen LogP contribution in [0.1, 0.15) is 30.9 Å². The molecule has 0 fully saturated rings. The number of nitrogens with zero attached hydrogens (tertiary/aromatic N) is 1. The van der Waals surface area contributed by atoms with Gasteiger partial charge in [0.2, 0.25) is 5.91 Å². The molecule has 33 heavy (non-hydrogen) atoms. The van der Waals surface area contributed by atoms with Crippen molar-refractivity contribution in [2.75, 3.05) is 19.0 Å². The molecule has 0 saturated heterocycles. The van der Waals surface area contributed by atoms with Gasteiger partial charge in [0.15, 0.2) is 0 Å². The summed E-state index contributed by atoms with van der Waals surface area (Å²) in [6.07, 6.45) is 1.75. The minimum Gasteiger partial charge on any atom is -0.497 e. The smallest absolute Gasteiger partial charge is 0.416 e. The van der Waals surface area contributed by atoms with Crippen molar-refractivity contribution in [3.05, 3.63) is 71.9 Å². The molecule has 0 aliphatic rings. The first-order valence-electron chi connectivity index (χ1n) is 10.6. The lowest BCUT2D eigenvalue weighted by Crippen LogP contribution is -2.24. The van der Waals surface area contributed by atoms with Gasteiger partial charge in [-0.3, -0.25) is 9.78 Å². The Balaban J connectivity index is 1.45. The van der Waals surface area contributed by atoms with Gasteiger partial charge in [0.1, 0.15) is 5.75 Å². The minimum atomic E-state index is -4.37. The largest absolute Gasteiger partial charge is 0.497 e. The number of ether oxygens (including phenoxy) is 1. The molecule has 1 atom stereocenters. The second-order valence-corrected chi connectivity index (χ2v) is 7.68. The maximum absolute atomic E-state index is 12.6. The van der Waals surface area contributed by atoms with Crippen molar-refractivity contribution in [3.63, 3.8) is 0 Å². The fraction of sp³-hybridized carbons (Fsp3) is 0.280. The molecule has 1 aromatic heterocycles. The molecular weight excluding hydrogens is 431 g/mol. The Hall–Kier alpha value is -3.55. The standard InChI is InChI=1S/C25H26F3N3O2/c1-17(31-22-16-21(33-2)15-19-6-4-14-30-24(19)22)5-3-13-29-23(32)12-9-18-7-10-20(11-8-18)25(26,27)28/h4,6-12,14-17,31H,3,5,13H2,1-2H3,(H,29,32)/b12-9+. The number of carbonyl (C=O) groups is 1. The number of hydrogen-bond donors (Lipinski definition) is 2. The molecule has 1 unspecified atom stereocenters. The second kappa shape index (κ2) is 10.8.